The molecule has 1 atom stereocenters. The quantitative estimate of drug-likeness (QED) is 0.0955. The van der Waals surface area contributed by atoms with Crippen LogP contribution >= 0.6 is 12.2 Å². The molecule has 0 aliphatic heterocycles. The minimum Gasteiger partial charge on any atom is -0.497 e. The first-order valence-electron chi connectivity index (χ1n) is 16.6. The maximum absolute atomic E-state index is 6.20. The Labute approximate surface area is 280 Å². The van der Waals surface area contributed by atoms with Crippen LogP contribution in [-0.2, 0) is 0 Å². The van der Waals surface area contributed by atoms with Crippen LogP contribution in [0.1, 0.15) is 70.8 Å². The number of methoxy groups -OCH3 is 1. The lowest BCUT2D eigenvalue weighted by molar-refractivity contribution is 0.408. The number of hydrogen-bond donors (Lipinski definition) is 1. The molecule has 5 rings (SSSR count). The summed E-state index contributed by atoms with van der Waals surface area (Å²) in [7, 11) is 1.67. The molecule has 0 radical (unpaired) electrons. The Morgan fingerprint density at radius 2 is 1.54 bits per heavy atom. The maximum Gasteiger partial charge on any atom is 0.246 e. The number of hydrogen-bond acceptors (Lipinski definition) is 6. The fourth-order valence-corrected chi connectivity index (χ4v) is 6.36. The molecule has 1 N–H and O–H groups in total. The topological polar surface area (TPSA) is 63.2 Å². The van der Waals surface area contributed by atoms with Gasteiger partial charge in [0.05, 0.1) is 18.1 Å². The van der Waals surface area contributed by atoms with Crippen molar-refractivity contribution >= 4 is 23.2 Å². The first-order valence-corrected chi connectivity index (χ1v) is 17.0. The van der Waals surface area contributed by atoms with Crippen molar-refractivity contribution in [1.82, 2.24) is 20.5 Å². The molecule has 0 bridgehead atoms. The van der Waals surface area contributed by atoms with E-state index in [9.17, 15) is 0 Å². The molecule has 7 heteroatoms. The van der Waals surface area contributed by atoms with Crippen LogP contribution in [0.15, 0.2) is 84.9 Å². The van der Waals surface area contributed by atoms with E-state index in [4.69, 9.17) is 32.1 Å². The third kappa shape index (κ3) is 9.14. The van der Waals surface area contributed by atoms with Crippen molar-refractivity contribution in [2.45, 2.75) is 77.3 Å². The van der Waals surface area contributed by atoms with E-state index in [0.29, 0.717) is 24.5 Å². The number of aromatic nitrogens is 3. The highest BCUT2D eigenvalue weighted by Crippen LogP contribution is 2.31. The van der Waals surface area contributed by atoms with Gasteiger partial charge < -0.3 is 15.0 Å². The highest BCUT2D eigenvalue weighted by molar-refractivity contribution is 7.80. The van der Waals surface area contributed by atoms with Gasteiger partial charge in [0.25, 0.3) is 0 Å². The Morgan fingerprint density at radius 3 is 2.17 bits per heavy atom. The van der Waals surface area contributed by atoms with Crippen molar-refractivity contribution < 1.29 is 4.74 Å². The Balaban J connectivity index is 1.47. The second-order valence-corrected chi connectivity index (χ2v) is 12.8. The zero-order valence-corrected chi connectivity index (χ0v) is 28.1. The molecule has 0 saturated heterocycles. The van der Waals surface area contributed by atoms with E-state index < -0.39 is 0 Å². The fraction of sp³-hybridized carbons (Fsp3) is 0.385. The second kappa shape index (κ2) is 16.9. The smallest absolute Gasteiger partial charge is 0.246 e. The molecular weight excluding hydrogens is 587 g/mol. The number of unbranched alkanes of at least 4 members (excludes halogenated alkanes) is 1. The van der Waals surface area contributed by atoms with Gasteiger partial charge >= 0.3 is 0 Å². The van der Waals surface area contributed by atoms with Crippen LogP contribution in [-0.4, -0.2) is 45.9 Å². The highest BCUT2D eigenvalue weighted by atomic mass is 32.1. The van der Waals surface area contributed by atoms with Gasteiger partial charge in [-0.15, -0.1) is 10.2 Å². The van der Waals surface area contributed by atoms with Gasteiger partial charge in [0.1, 0.15) is 17.1 Å². The highest BCUT2D eigenvalue weighted by Gasteiger charge is 2.29. The van der Waals surface area contributed by atoms with E-state index in [1.807, 2.05) is 60.7 Å². The normalized spacial score (nSPS) is 13.8. The van der Waals surface area contributed by atoms with Crippen LogP contribution in [0.25, 0.3) is 22.5 Å². The van der Waals surface area contributed by atoms with E-state index in [2.05, 4.69) is 60.2 Å². The van der Waals surface area contributed by atoms with Gasteiger partial charge in [-0.3, -0.25) is 0 Å². The monoisotopic (exact) mass is 631 g/mol. The molecule has 0 spiro atoms. The molecular formula is C39H45N5OS. The maximum atomic E-state index is 6.20. The molecule has 1 unspecified atom stereocenters. The number of benzene rings is 3. The molecule has 4 aromatic rings. The Morgan fingerprint density at radius 1 is 0.891 bits per heavy atom. The second-order valence-electron chi connectivity index (χ2n) is 12.4. The van der Waals surface area contributed by atoms with Crippen LogP contribution in [0.5, 0.6) is 5.75 Å². The van der Waals surface area contributed by atoms with E-state index in [-0.39, 0.29) is 6.04 Å². The molecule has 1 aliphatic rings. The standard InChI is InChI=1S/C39H45N5OS/c1-29(2)28-35(38(46)40-33-21-13-6-14-22-33)44(27-15-7-8-16-30-23-25-34(45-3)26-24-30)39-41-36(31-17-9-4-10-18-31)37(42-43-39)32-19-11-5-12-20-32/h4-5,9-12,17-20,23-26,29,33,35H,6-7,13-15,21-22,27-28H2,1-3H3,(H,40,46). The summed E-state index contributed by atoms with van der Waals surface area (Å²) in [6.45, 7) is 5.21. The first kappa shape index (κ1) is 33.1. The van der Waals surface area contributed by atoms with Crippen LogP contribution in [0.4, 0.5) is 5.95 Å². The average Bonchev–Trinajstić information content (AvgIpc) is 3.10. The molecule has 1 heterocycles. The van der Waals surface area contributed by atoms with Crippen LogP contribution in [0, 0.1) is 17.8 Å². The zero-order chi connectivity index (χ0) is 32.1. The van der Waals surface area contributed by atoms with Gasteiger partial charge in [-0.1, -0.05) is 118 Å². The minimum absolute atomic E-state index is 0.0560. The van der Waals surface area contributed by atoms with Gasteiger partial charge in [-0.25, -0.2) is 4.98 Å². The number of nitrogens with zero attached hydrogens (tertiary/aromatic N) is 4. The lowest BCUT2D eigenvalue weighted by Crippen LogP contribution is -2.51. The fourth-order valence-electron chi connectivity index (χ4n) is 5.97. The lowest BCUT2D eigenvalue weighted by Gasteiger charge is -2.35. The van der Waals surface area contributed by atoms with Gasteiger partial charge in [0, 0.05) is 35.7 Å². The van der Waals surface area contributed by atoms with Crippen molar-refractivity contribution in [3.63, 3.8) is 0 Å². The van der Waals surface area contributed by atoms with Crippen LogP contribution in [0.2, 0.25) is 0 Å². The molecule has 6 nitrogen and oxygen atoms in total. The van der Waals surface area contributed by atoms with Crippen molar-refractivity contribution in [3.05, 3.63) is 90.5 Å². The molecule has 1 fully saturated rings. The number of ether oxygens (including phenoxy) is 1. The predicted octanol–water partition coefficient (Wildman–Crippen LogP) is 8.52. The first-order chi connectivity index (χ1) is 22.5. The summed E-state index contributed by atoms with van der Waals surface area (Å²) in [5, 5.41) is 13.4. The molecule has 0 amide bonds. The van der Waals surface area contributed by atoms with Gasteiger partial charge in [0.15, 0.2) is 0 Å². The number of thiocarbonyl (C=S) groups is 1. The number of anilines is 1. The summed E-state index contributed by atoms with van der Waals surface area (Å²) < 4.78 is 5.28. The molecule has 1 saturated carbocycles. The molecule has 3 aromatic carbocycles. The average molecular weight is 632 g/mol. The third-order valence-electron chi connectivity index (χ3n) is 8.38. The van der Waals surface area contributed by atoms with E-state index >= 15 is 0 Å². The summed E-state index contributed by atoms with van der Waals surface area (Å²) in [5.74, 6) is 8.52. The Hall–Kier alpha value is -4.28. The van der Waals surface area contributed by atoms with E-state index in [1.54, 1.807) is 7.11 Å². The Bertz CT molecular complexity index is 1590. The molecule has 238 valence electrons. The van der Waals surface area contributed by atoms with Gasteiger partial charge in [-0.05, 0) is 55.9 Å². The molecule has 46 heavy (non-hydrogen) atoms. The molecule has 1 aromatic heterocycles. The summed E-state index contributed by atoms with van der Waals surface area (Å²) >= 11 is 6.20. The SMILES string of the molecule is COc1ccc(C#CCCCN(c2nnc(-c3ccccc3)c(-c3ccccc3)n2)C(CC(C)C)C(=S)NC2CCCCC2)cc1. The minimum atomic E-state index is -0.0560. The largest absolute Gasteiger partial charge is 0.497 e. The lowest BCUT2D eigenvalue weighted by atomic mass is 9.94. The summed E-state index contributed by atoms with van der Waals surface area (Å²) in [6.07, 6.45) is 8.60. The van der Waals surface area contributed by atoms with Crippen LogP contribution < -0.4 is 15.0 Å². The van der Waals surface area contributed by atoms with Gasteiger partial charge in [0.2, 0.25) is 5.95 Å². The van der Waals surface area contributed by atoms with E-state index in [0.717, 1.165) is 70.9 Å². The van der Waals surface area contributed by atoms with Crippen molar-refractivity contribution in [2.24, 2.45) is 5.92 Å². The summed E-state index contributed by atoms with van der Waals surface area (Å²) in [6, 6.07) is 28.7. The number of nitrogens with one attached hydrogen (secondary N) is 1. The summed E-state index contributed by atoms with van der Waals surface area (Å²) in [4.78, 5) is 8.41. The van der Waals surface area contributed by atoms with E-state index in [1.165, 1.54) is 19.3 Å². The van der Waals surface area contributed by atoms with Crippen LogP contribution in [0.3, 0.4) is 0 Å². The Kier molecular flexibility index (Phi) is 12.1. The number of rotatable bonds is 12. The molecule has 1 aliphatic carbocycles. The predicted molar refractivity (Wildman–Crippen MR) is 193 cm³/mol. The third-order valence-corrected chi connectivity index (χ3v) is 8.77. The van der Waals surface area contributed by atoms with Crippen molar-refractivity contribution in [3.8, 4) is 40.1 Å². The van der Waals surface area contributed by atoms with Crippen molar-refractivity contribution in [1.29, 1.82) is 0 Å². The summed E-state index contributed by atoms with van der Waals surface area (Å²) in [5.41, 5.74) is 4.55. The van der Waals surface area contributed by atoms with Gasteiger partial charge in [-0.2, -0.15) is 0 Å². The van der Waals surface area contributed by atoms with Crippen molar-refractivity contribution in [2.75, 3.05) is 18.6 Å². The zero-order valence-electron chi connectivity index (χ0n) is 27.3.